The molecule has 0 radical (unpaired) electrons. The van der Waals surface area contributed by atoms with E-state index in [-0.39, 0.29) is 5.91 Å². The van der Waals surface area contributed by atoms with Gasteiger partial charge in [0.1, 0.15) is 0 Å². The van der Waals surface area contributed by atoms with E-state index in [0.717, 1.165) is 24.4 Å². The van der Waals surface area contributed by atoms with Gasteiger partial charge >= 0.3 is 0 Å². The van der Waals surface area contributed by atoms with Gasteiger partial charge in [-0.25, -0.2) is 0 Å². The molecule has 1 unspecified atom stereocenters. The van der Waals surface area contributed by atoms with Crippen molar-refractivity contribution >= 4 is 35.1 Å². The zero-order chi connectivity index (χ0) is 12.4. The minimum Gasteiger partial charge on any atom is -0.310 e. The van der Waals surface area contributed by atoms with Gasteiger partial charge in [-0.05, 0) is 18.1 Å². The summed E-state index contributed by atoms with van der Waals surface area (Å²) in [7, 11) is 0. The number of nitrogens with zero attached hydrogens (tertiary/aromatic N) is 2. The summed E-state index contributed by atoms with van der Waals surface area (Å²) in [5, 5.41) is 0.497. The number of fused-ring (bicyclic) bond motifs is 1. The van der Waals surface area contributed by atoms with Gasteiger partial charge in [0.2, 0.25) is 5.91 Å². The maximum Gasteiger partial charge on any atom is 0.228 e. The molecule has 0 N–H and O–H groups in total. The largest absolute Gasteiger partial charge is 0.310 e. The molecule has 96 valence electrons. The zero-order valence-corrected chi connectivity index (χ0v) is 11.8. The highest BCUT2D eigenvalue weighted by molar-refractivity contribution is 8.06. The molecule has 0 aliphatic carbocycles. The number of anilines is 1. The lowest BCUT2D eigenvalue weighted by molar-refractivity contribution is -0.118. The van der Waals surface area contributed by atoms with Gasteiger partial charge in [0.15, 0.2) is 0 Å². The summed E-state index contributed by atoms with van der Waals surface area (Å²) in [6, 6.07) is 2.02. The van der Waals surface area contributed by atoms with Crippen LogP contribution >= 0.6 is 23.5 Å². The van der Waals surface area contributed by atoms with Crippen molar-refractivity contribution in [2.24, 2.45) is 0 Å². The molecule has 1 amide bonds. The Hall–Kier alpha value is -0.680. The number of hydrogen-bond donors (Lipinski definition) is 0. The molecule has 5 heteroatoms. The molecule has 0 bridgehead atoms. The van der Waals surface area contributed by atoms with Crippen LogP contribution in [-0.4, -0.2) is 39.9 Å². The standard InChI is InChI=1S/C13H16N2OS2/c16-13(7-11-9-17-5-6-18-11)15-4-2-10-1-3-14-8-12(10)15/h1,3,8,11H,2,4-7,9H2. The fraction of sp³-hybridized carbons (Fsp3) is 0.538. The van der Waals surface area contributed by atoms with Crippen molar-refractivity contribution < 1.29 is 4.79 Å². The maximum absolute atomic E-state index is 12.4. The van der Waals surface area contributed by atoms with Crippen LogP contribution in [0.25, 0.3) is 0 Å². The molecule has 1 fully saturated rings. The lowest BCUT2D eigenvalue weighted by Crippen LogP contribution is -2.32. The molecule has 2 aliphatic rings. The van der Waals surface area contributed by atoms with Crippen molar-refractivity contribution in [2.75, 3.05) is 28.7 Å². The lowest BCUT2D eigenvalue weighted by Gasteiger charge is -2.23. The smallest absolute Gasteiger partial charge is 0.228 e. The average molecular weight is 280 g/mol. The second-order valence-corrected chi connectivity index (χ2v) is 7.13. The van der Waals surface area contributed by atoms with E-state index >= 15 is 0 Å². The van der Waals surface area contributed by atoms with E-state index in [1.165, 1.54) is 17.1 Å². The minimum absolute atomic E-state index is 0.266. The fourth-order valence-electron chi connectivity index (χ4n) is 2.44. The van der Waals surface area contributed by atoms with Gasteiger partial charge in [0.05, 0.1) is 11.9 Å². The van der Waals surface area contributed by atoms with Crippen molar-refractivity contribution in [3.63, 3.8) is 0 Å². The average Bonchev–Trinajstić information content (AvgIpc) is 2.84. The van der Waals surface area contributed by atoms with Gasteiger partial charge in [-0.3, -0.25) is 9.78 Å². The van der Waals surface area contributed by atoms with Gasteiger partial charge in [0.25, 0.3) is 0 Å². The number of hydrogen-bond acceptors (Lipinski definition) is 4. The van der Waals surface area contributed by atoms with Gasteiger partial charge in [-0.2, -0.15) is 23.5 Å². The number of aromatic nitrogens is 1. The quantitative estimate of drug-likeness (QED) is 0.831. The van der Waals surface area contributed by atoms with Crippen molar-refractivity contribution in [1.29, 1.82) is 0 Å². The van der Waals surface area contributed by atoms with Crippen LogP contribution in [0.15, 0.2) is 18.5 Å². The molecule has 1 atom stereocenters. The third-order valence-electron chi connectivity index (χ3n) is 3.37. The van der Waals surface area contributed by atoms with Crippen LogP contribution in [0, 0.1) is 0 Å². The fourth-order valence-corrected chi connectivity index (χ4v) is 5.11. The highest BCUT2D eigenvalue weighted by atomic mass is 32.2. The van der Waals surface area contributed by atoms with Crippen molar-refractivity contribution in [3.8, 4) is 0 Å². The number of rotatable bonds is 2. The summed E-state index contributed by atoms with van der Waals surface area (Å²) in [5.74, 6) is 3.79. The molecule has 0 aromatic carbocycles. The van der Waals surface area contributed by atoms with Gasteiger partial charge < -0.3 is 4.90 Å². The first-order valence-electron chi connectivity index (χ1n) is 6.27. The molecule has 3 rings (SSSR count). The Morgan fingerprint density at radius 3 is 3.28 bits per heavy atom. The van der Waals surface area contributed by atoms with E-state index in [0.29, 0.717) is 11.7 Å². The first kappa shape index (κ1) is 12.4. The monoisotopic (exact) mass is 280 g/mol. The second kappa shape index (κ2) is 5.53. The third kappa shape index (κ3) is 2.52. The van der Waals surface area contributed by atoms with E-state index < -0.39 is 0 Å². The molecule has 3 nitrogen and oxygen atoms in total. The van der Waals surface area contributed by atoms with Crippen LogP contribution in [0.3, 0.4) is 0 Å². The van der Waals surface area contributed by atoms with E-state index in [1.54, 1.807) is 6.20 Å². The van der Waals surface area contributed by atoms with Crippen LogP contribution < -0.4 is 4.90 Å². The topological polar surface area (TPSA) is 33.2 Å². The van der Waals surface area contributed by atoms with Crippen LogP contribution in [0.2, 0.25) is 0 Å². The summed E-state index contributed by atoms with van der Waals surface area (Å²) in [6.07, 6.45) is 5.27. The number of carbonyl (C=O) groups is 1. The SMILES string of the molecule is O=C(CC1CSCCS1)N1CCc2ccncc21. The normalized spacial score (nSPS) is 22.9. The Kier molecular flexibility index (Phi) is 3.80. The Morgan fingerprint density at radius 1 is 1.50 bits per heavy atom. The number of amides is 1. The van der Waals surface area contributed by atoms with Gasteiger partial charge in [-0.1, -0.05) is 0 Å². The number of carbonyl (C=O) groups excluding carboxylic acids is 1. The summed E-state index contributed by atoms with van der Waals surface area (Å²) < 4.78 is 0. The van der Waals surface area contributed by atoms with Crippen molar-refractivity contribution in [1.82, 2.24) is 4.98 Å². The first-order valence-corrected chi connectivity index (χ1v) is 8.47. The van der Waals surface area contributed by atoms with Crippen molar-refractivity contribution in [3.05, 3.63) is 24.0 Å². The number of pyridine rings is 1. The molecule has 3 heterocycles. The zero-order valence-electron chi connectivity index (χ0n) is 10.2. The summed E-state index contributed by atoms with van der Waals surface area (Å²) in [6.45, 7) is 0.824. The lowest BCUT2D eigenvalue weighted by atomic mass is 10.2. The van der Waals surface area contributed by atoms with E-state index in [2.05, 4.69) is 4.98 Å². The van der Waals surface area contributed by atoms with E-state index in [9.17, 15) is 4.79 Å². The molecule has 1 saturated heterocycles. The molecule has 18 heavy (non-hydrogen) atoms. The Balaban J connectivity index is 1.67. The highest BCUT2D eigenvalue weighted by Gasteiger charge is 2.27. The molecule has 1 aromatic rings. The predicted octanol–water partition coefficient (Wildman–Crippen LogP) is 2.21. The molecular weight excluding hydrogens is 264 g/mol. The van der Waals surface area contributed by atoms with Crippen LogP contribution in [0.5, 0.6) is 0 Å². The van der Waals surface area contributed by atoms with Crippen molar-refractivity contribution in [2.45, 2.75) is 18.1 Å². The maximum atomic E-state index is 12.4. The molecule has 0 spiro atoms. The summed E-state index contributed by atoms with van der Waals surface area (Å²) >= 11 is 3.92. The first-order chi connectivity index (χ1) is 8.84. The van der Waals surface area contributed by atoms with Crippen LogP contribution in [-0.2, 0) is 11.2 Å². The van der Waals surface area contributed by atoms with Gasteiger partial charge in [0, 0.05) is 41.7 Å². The molecule has 0 saturated carbocycles. The Morgan fingerprint density at radius 2 is 2.44 bits per heavy atom. The molecular formula is C13H16N2OS2. The van der Waals surface area contributed by atoms with Crippen LogP contribution in [0.4, 0.5) is 5.69 Å². The van der Waals surface area contributed by atoms with Gasteiger partial charge in [-0.15, -0.1) is 0 Å². The highest BCUT2D eigenvalue weighted by Crippen LogP contribution is 2.30. The summed E-state index contributed by atoms with van der Waals surface area (Å²) in [5.41, 5.74) is 2.28. The van der Waals surface area contributed by atoms with Crippen LogP contribution in [0.1, 0.15) is 12.0 Å². The molecule has 2 aliphatic heterocycles. The summed E-state index contributed by atoms with van der Waals surface area (Å²) in [4.78, 5) is 18.4. The Bertz CT molecular complexity index is 446. The van der Waals surface area contributed by atoms with E-state index in [4.69, 9.17) is 0 Å². The predicted molar refractivity (Wildman–Crippen MR) is 78.5 cm³/mol. The molecule has 1 aromatic heterocycles. The minimum atomic E-state index is 0.266. The van der Waals surface area contributed by atoms with E-state index in [1.807, 2.05) is 40.7 Å². The second-order valence-electron chi connectivity index (χ2n) is 4.57. The Labute approximate surface area is 116 Å². The third-order valence-corrected chi connectivity index (χ3v) is 6.22. The number of thioether (sulfide) groups is 2.